The molecule has 3 heterocycles. The fourth-order valence-corrected chi connectivity index (χ4v) is 3.04. The van der Waals surface area contributed by atoms with Crippen molar-refractivity contribution in [3.05, 3.63) is 0 Å². The first-order valence-corrected chi connectivity index (χ1v) is 7.16. The average molecular weight is 266 g/mol. The highest BCUT2D eigenvalue weighted by molar-refractivity contribution is 5.80. The van der Waals surface area contributed by atoms with E-state index in [4.69, 9.17) is 4.74 Å². The Balaban J connectivity index is 1.69. The molecule has 2 bridgehead atoms. The van der Waals surface area contributed by atoms with E-state index in [0.717, 1.165) is 19.3 Å². The number of hydrogen-bond acceptors (Lipinski definition) is 3. The van der Waals surface area contributed by atoms with Gasteiger partial charge in [-0.15, -0.1) is 0 Å². The van der Waals surface area contributed by atoms with Crippen LogP contribution >= 0.6 is 0 Å². The highest BCUT2D eigenvalue weighted by Gasteiger charge is 2.50. The van der Waals surface area contributed by atoms with Crippen LogP contribution in [0.2, 0.25) is 0 Å². The van der Waals surface area contributed by atoms with Crippen LogP contribution in [0.3, 0.4) is 0 Å². The van der Waals surface area contributed by atoms with Crippen molar-refractivity contribution in [1.82, 2.24) is 9.80 Å². The van der Waals surface area contributed by atoms with Gasteiger partial charge in [0.15, 0.2) is 0 Å². The molecule has 1 saturated carbocycles. The van der Waals surface area contributed by atoms with Gasteiger partial charge in [-0.1, -0.05) is 0 Å². The molecule has 2 amide bonds. The molecule has 4 aliphatic rings. The standard InChI is InChI=1S/C14H22N2O3/c1-14(2,3)19-13(18)16-10-6-11(16)8-15(9-4-5-9)12(17)7-10/h9-11H,4-8H2,1-3H3. The molecule has 1 aliphatic carbocycles. The first-order chi connectivity index (χ1) is 8.85. The van der Waals surface area contributed by atoms with Crippen molar-refractivity contribution in [2.75, 3.05) is 6.54 Å². The van der Waals surface area contributed by atoms with E-state index in [-0.39, 0.29) is 24.1 Å². The normalized spacial score (nSPS) is 30.8. The Morgan fingerprint density at radius 1 is 1.21 bits per heavy atom. The molecular weight excluding hydrogens is 244 g/mol. The van der Waals surface area contributed by atoms with Crippen LogP contribution in [0, 0.1) is 0 Å². The molecule has 4 rings (SSSR count). The van der Waals surface area contributed by atoms with Crippen LogP contribution in [0.4, 0.5) is 4.79 Å². The number of fused-ring (bicyclic) bond motifs is 3. The predicted octanol–water partition coefficient (Wildman–Crippen LogP) is 1.76. The summed E-state index contributed by atoms with van der Waals surface area (Å²) in [5.74, 6) is 0.209. The van der Waals surface area contributed by atoms with Crippen molar-refractivity contribution in [3.63, 3.8) is 0 Å². The molecule has 106 valence electrons. The topological polar surface area (TPSA) is 49.9 Å². The molecule has 0 N–H and O–H groups in total. The maximum Gasteiger partial charge on any atom is 0.410 e. The number of carbonyl (C=O) groups excluding carboxylic acids is 2. The van der Waals surface area contributed by atoms with Crippen LogP contribution in [0.25, 0.3) is 0 Å². The fourth-order valence-electron chi connectivity index (χ4n) is 3.04. The lowest BCUT2D eigenvalue weighted by molar-refractivity contribution is -0.131. The lowest BCUT2D eigenvalue weighted by Gasteiger charge is -2.46. The number of nitrogens with zero attached hydrogens (tertiary/aromatic N) is 2. The Kier molecular flexibility index (Phi) is 2.76. The summed E-state index contributed by atoms with van der Waals surface area (Å²) in [4.78, 5) is 28.1. The van der Waals surface area contributed by atoms with Gasteiger partial charge in [0, 0.05) is 25.0 Å². The van der Waals surface area contributed by atoms with Crippen molar-refractivity contribution in [2.45, 2.75) is 70.2 Å². The highest BCUT2D eigenvalue weighted by Crippen LogP contribution is 2.38. The molecule has 5 heteroatoms. The van der Waals surface area contributed by atoms with Gasteiger partial charge in [0.1, 0.15) is 5.60 Å². The lowest BCUT2D eigenvalue weighted by Crippen LogP contribution is -2.60. The maximum atomic E-state index is 12.2. The summed E-state index contributed by atoms with van der Waals surface area (Å²) in [6.45, 7) is 6.31. The average Bonchev–Trinajstić information content (AvgIpc) is 2.99. The highest BCUT2D eigenvalue weighted by atomic mass is 16.6. The molecule has 2 unspecified atom stereocenters. The zero-order chi connectivity index (χ0) is 13.8. The minimum Gasteiger partial charge on any atom is -0.444 e. The number of carbonyl (C=O) groups is 2. The van der Waals surface area contributed by atoms with Crippen molar-refractivity contribution in [3.8, 4) is 0 Å². The number of hydrogen-bond donors (Lipinski definition) is 0. The van der Waals surface area contributed by atoms with Gasteiger partial charge in [0.05, 0.1) is 6.04 Å². The molecule has 3 saturated heterocycles. The van der Waals surface area contributed by atoms with Crippen LogP contribution in [-0.4, -0.2) is 52.1 Å². The van der Waals surface area contributed by atoms with Crippen molar-refractivity contribution in [2.24, 2.45) is 0 Å². The maximum absolute atomic E-state index is 12.2. The third-order valence-corrected chi connectivity index (χ3v) is 4.06. The molecule has 5 nitrogen and oxygen atoms in total. The van der Waals surface area contributed by atoms with Gasteiger partial charge in [-0.3, -0.25) is 9.69 Å². The summed E-state index contributed by atoms with van der Waals surface area (Å²) in [6.07, 6.45) is 3.38. The summed E-state index contributed by atoms with van der Waals surface area (Å²) >= 11 is 0. The molecule has 0 aromatic carbocycles. The third kappa shape index (κ3) is 2.42. The van der Waals surface area contributed by atoms with Gasteiger partial charge in [-0.2, -0.15) is 0 Å². The second-order valence-electron chi connectivity index (χ2n) is 6.91. The lowest BCUT2D eigenvalue weighted by atomic mass is 9.92. The van der Waals surface area contributed by atoms with E-state index in [1.54, 1.807) is 4.90 Å². The molecular formula is C14H22N2O3. The van der Waals surface area contributed by atoms with Crippen molar-refractivity contribution in [1.29, 1.82) is 0 Å². The summed E-state index contributed by atoms with van der Waals surface area (Å²) in [6, 6.07) is 0.648. The molecule has 0 spiro atoms. The smallest absolute Gasteiger partial charge is 0.410 e. The molecule has 2 atom stereocenters. The van der Waals surface area contributed by atoms with E-state index in [1.807, 2.05) is 25.7 Å². The number of amides is 2. The van der Waals surface area contributed by atoms with E-state index in [0.29, 0.717) is 19.0 Å². The van der Waals surface area contributed by atoms with E-state index >= 15 is 0 Å². The minimum absolute atomic E-state index is 0.0519. The van der Waals surface area contributed by atoms with Crippen LogP contribution in [0.1, 0.15) is 46.5 Å². The molecule has 4 fully saturated rings. The largest absolute Gasteiger partial charge is 0.444 e. The second-order valence-corrected chi connectivity index (χ2v) is 6.91. The van der Waals surface area contributed by atoms with Gasteiger partial charge < -0.3 is 9.64 Å². The Labute approximate surface area is 113 Å². The summed E-state index contributed by atoms with van der Waals surface area (Å²) in [5.41, 5.74) is -0.476. The first-order valence-electron chi connectivity index (χ1n) is 7.16. The van der Waals surface area contributed by atoms with E-state index < -0.39 is 5.60 Å². The molecule has 19 heavy (non-hydrogen) atoms. The van der Waals surface area contributed by atoms with Gasteiger partial charge in [-0.25, -0.2) is 4.79 Å². The van der Waals surface area contributed by atoms with E-state index in [1.165, 1.54) is 0 Å². The van der Waals surface area contributed by atoms with Crippen molar-refractivity contribution < 1.29 is 14.3 Å². The quantitative estimate of drug-likeness (QED) is 0.726. The zero-order valence-corrected chi connectivity index (χ0v) is 11.9. The summed E-state index contributed by atoms with van der Waals surface area (Å²) in [7, 11) is 0. The molecule has 3 aliphatic heterocycles. The second kappa shape index (κ2) is 4.12. The molecule has 0 radical (unpaired) electrons. The predicted molar refractivity (Wildman–Crippen MR) is 69.6 cm³/mol. The SMILES string of the molecule is CC(C)(C)OC(=O)N1C2CC(=O)N(C3CC3)CC1C2. The summed E-state index contributed by atoms with van der Waals surface area (Å²) in [5, 5.41) is 0. The Morgan fingerprint density at radius 3 is 2.47 bits per heavy atom. The van der Waals surface area contributed by atoms with Crippen LogP contribution in [-0.2, 0) is 9.53 Å². The Hall–Kier alpha value is -1.26. The summed E-state index contributed by atoms with van der Waals surface area (Å²) < 4.78 is 5.44. The first kappa shape index (κ1) is 12.8. The van der Waals surface area contributed by atoms with E-state index in [2.05, 4.69) is 0 Å². The number of rotatable bonds is 1. The fraction of sp³-hybridized carbons (Fsp3) is 0.857. The zero-order valence-electron chi connectivity index (χ0n) is 11.9. The minimum atomic E-state index is -0.476. The van der Waals surface area contributed by atoms with Gasteiger partial charge in [-0.05, 0) is 40.0 Å². The monoisotopic (exact) mass is 266 g/mol. The van der Waals surface area contributed by atoms with Crippen molar-refractivity contribution >= 4 is 12.0 Å². The van der Waals surface area contributed by atoms with Crippen LogP contribution < -0.4 is 0 Å². The Morgan fingerprint density at radius 2 is 1.89 bits per heavy atom. The van der Waals surface area contributed by atoms with Gasteiger partial charge in [0.2, 0.25) is 5.91 Å². The molecule has 0 aromatic rings. The van der Waals surface area contributed by atoms with Crippen LogP contribution in [0.15, 0.2) is 0 Å². The van der Waals surface area contributed by atoms with Gasteiger partial charge >= 0.3 is 6.09 Å². The number of ether oxygens (including phenoxy) is 1. The third-order valence-electron chi connectivity index (χ3n) is 4.06. The van der Waals surface area contributed by atoms with Gasteiger partial charge in [0.25, 0.3) is 0 Å². The van der Waals surface area contributed by atoms with E-state index in [9.17, 15) is 9.59 Å². The molecule has 0 aromatic heterocycles. The Bertz CT molecular complexity index is 411. The van der Waals surface area contributed by atoms with Crippen LogP contribution in [0.5, 0.6) is 0 Å².